The first kappa shape index (κ1) is 18.4. The summed E-state index contributed by atoms with van der Waals surface area (Å²) in [6, 6.07) is 25.8. The average molecular weight is 384 g/mol. The highest BCUT2D eigenvalue weighted by Crippen LogP contribution is 2.29. The molecule has 0 N–H and O–H groups in total. The zero-order chi connectivity index (χ0) is 19.7. The van der Waals surface area contributed by atoms with Gasteiger partial charge in [-0.2, -0.15) is 5.10 Å². The zero-order valence-corrected chi connectivity index (χ0v) is 15.8. The molecule has 144 valence electrons. The summed E-state index contributed by atoms with van der Waals surface area (Å²) < 4.78 is 13.6. The molecule has 0 aliphatic heterocycles. The normalized spacial score (nSPS) is 10.9. The summed E-state index contributed by atoms with van der Waals surface area (Å²) in [6.45, 7) is 0.922. The Hall–Kier alpha value is -3.93. The van der Waals surface area contributed by atoms with Crippen molar-refractivity contribution < 1.29 is 9.47 Å². The van der Waals surface area contributed by atoms with Crippen molar-refractivity contribution in [2.75, 3.05) is 0 Å². The Bertz CT molecular complexity index is 1050. The Kier molecular flexibility index (Phi) is 5.93. The Labute approximate surface area is 169 Å². The van der Waals surface area contributed by atoms with Crippen LogP contribution in [0, 0.1) is 0 Å². The first-order valence-electron chi connectivity index (χ1n) is 9.23. The highest BCUT2D eigenvalue weighted by molar-refractivity contribution is 5.80. The van der Waals surface area contributed by atoms with Gasteiger partial charge in [-0.1, -0.05) is 60.7 Å². The molecule has 0 aliphatic carbocycles. The monoisotopic (exact) mass is 384 g/mol. The van der Waals surface area contributed by atoms with Crippen LogP contribution in [0.25, 0.3) is 0 Å². The van der Waals surface area contributed by atoms with Crippen molar-refractivity contribution in [1.29, 1.82) is 0 Å². The largest absolute Gasteiger partial charge is 0.485 e. The van der Waals surface area contributed by atoms with E-state index in [1.807, 2.05) is 78.9 Å². The number of aromatic nitrogens is 3. The predicted octanol–water partition coefficient (Wildman–Crippen LogP) is 4.32. The van der Waals surface area contributed by atoms with Crippen LogP contribution in [-0.2, 0) is 13.2 Å². The molecule has 0 aliphatic rings. The van der Waals surface area contributed by atoms with Gasteiger partial charge in [0.2, 0.25) is 0 Å². The number of nitrogens with zero attached hydrogens (tertiary/aromatic N) is 4. The third-order valence-electron chi connectivity index (χ3n) is 4.19. The maximum absolute atomic E-state index is 6.07. The first-order valence-corrected chi connectivity index (χ1v) is 9.23. The van der Waals surface area contributed by atoms with E-state index in [0.29, 0.717) is 24.7 Å². The third-order valence-corrected chi connectivity index (χ3v) is 4.19. The lowest BCUT2D eigenvalue weighted by molar-refractivity contribution is 0.256. The topological polar surface area (TPSA) is 61.5 Å². The number of rotatable bonds is 8. The molecule has 3 aromatic carbocycles. The van der Waals surface area contributed by atoms with E-state index in [1.54, 1.807) is 6.21 Å². The van der Waals surface area contributed by atoms with E-state index in [9.17, 15) is 0 Å². The summed E-state index contributed by atoms with van der Waals surface area (Å²) in [5, 5.41) is 11.8. The average Bonchev–Trinajstić information content (AvgIpc) is 3.30. The maximum atomic E-state index is 6.07. The van der Waals surface area contributed by atoms with Gasteiger partial charge in [0.15, 0.2) is 11.5 Å². The molecule has 0 saturated heterocycles. The van der Waals surface area contributed by atoms with Crippen molar-refractivity contribution in [3.05, 3.63) is 108 Å². The summed E-state index contributed by atoms with van der Waals surface area (Å²) in [7, 11) is 0. The summed E-state index contributed by atoms with van der Waals surface area (Å²) in [5.74, 6) is 1.35. The zero-order valence-electron chi connectivity index (χ0n) is 15.8. The molecular weight excluding hydrogens is 364 g/mol. The van der Waals surface area contributed by atoms with Crippen molar-refractivity contribution in [3.8, 4) is 11.5 Å². The molecule has 6 nitrogen and oxygen atoms in total. The second-order valence-electron chi connectivity index (χ2n) is 6.34. The van der Waals surface area contributed by atoms with Gasteiger partial charge in [0, 0.05) is 0 Å². The Balaban J connectivity index is 1.53. The van der Waals surface area contributed by atoms with Gasteiger partial charge in [0.1, 0.15) is 25.9 Å². The molecular formula is C23H20N4O2. The van der Waals surface area contributed by atoms with Crippen molar-refractivity contribution in [2.24, 2.45) is 5.10 Å². The minimum Gasteiger partial charge on any atom is -0.485 e. The van der Waals surface area contributed by atoms with Gasteiger partial charge in [0.05, 0.1) is 6.21 Å². The van der Waals surface area contributed by atoms with Crippen LogP contribution in [0.1, 0.15) is 16.7 Å². The molecule has 1 aromatic heterocycles. The molecule has 0 unspecified atom stereocenters. The second kappa shape index (κ2) is 9.32. The second-order valence-corrected chi connectivity index (χ2v) is 6.34. The fraction of sp³-hybridized carbons (Fsp3) is 0.0870. The van der Waals surface area contributed by atoms with Crippen molar-refractivity contribution in [1.82, 2.24) is 14.9 Å². The van der Waals surface area contributed by atoms with Crippen molar-refractivity contribution in [2.45, 2.75) is 13.2 Å². The summed E-state index contributed by atoms with van der Waals surface area (Å²) in [6.07, 6.45) is 4.78. The lowest BCUT2D eigenvalue weighted by Crippen LogP contribution is -2.01. The van der Waals surface area contributed by atoms with E-state index in [1.165, 1.54) is 17.3 Å². The van der Waals surface area contributed by atoms with E-state index in [-0.39, 0.29) is 0 Å². The Morgan fingerprint density at radius 3 is 1.93 bits per heavy atom. The molecule has 4 rings (SSSR count). The Morgan fingerprint density at radius 2 is 1.31 bits per heavy atom. The molecule has 0 saturated carbocycles. The lowest BCUT2D eigenvalue weighted by Gasteiger charge is -2.14. The molecule has 6 heteroatoms. The molecule has 0 amide bonds. The predicted molar refractivity (Wildman–Crippen MR) is 111 cm³/mol. The van der Waals surface area contributed by atoms with Gasteiger partial charge in [-0.05, 0) is 34.9 Å². The molecule has 0 radical (unpaired) electrons. The van der Waals surface area contributed by atoms with Crippen LogP contribution in [-0.4, -0.2) is 21.1 Å². The van der Waals surface area contributed by atoms with Crippen LogP contribution in [0.5, 0.6) is 11.5 Å². The van der Waals surface area contributed by atoms with Crippen LogP contribution < -0.4 is 9.47 Å². The Morgan fingerprint density at radius 1 is 0.724 bits per heavy atom. The summed E-state index contributed by atoms with van der Waals surface area (Å²) in [4.78, 5) is 0. The van der Waals surface area contributed by atoms with Crippen LogP contribution >= 0.6 is 0 Å². The van der Waals surface area contributed by atoms with E-state index >= 15 is 0 Å². The van der Waals surface area contributed by atoms with Crippen LogP contribution in [0.4, 0.5) is 0 Å². The molecule has 4 aromatic rings. The minimum atomic E-state index is 0.453. The van der Waals surface area contributed by atoms with Gasteiger partial charge in [0.25, 0.3) is 0 Å². The quantitative estimate of drug-likeness (QED) is 0.425. The van der Waals surface area contributed by atoms with E-state index in [2.05, 4.69) is 15.3 Å². The first-order chi connectivity index (χ1) is 14.4. The number of hydrogen-bond acceptors (Lipinski definition) is 5. The molecule has 0 fully saturated rings. The van der Waals surface area contributed by atoms with Crippen molar-refractivity contribution in [3.63, 3.8) is 0 Å². The molecule has 0 bridgehead atoms. The minimum absolute atomic E-state index is 0.453. The fourth-order valence-corrected chi connectivity index (χ4v) is 2.70. The van der Waals surface area contributed by atoms with E-state index in [0.717, 1.165) is 16.7 Å². The number of benzene rings is 3. The van der Waals surface area contributed by atoms with Crippen molar-refractivity contribution >= 4 is 6.21 Å². The fourth-order valence-electron chi connectivity index (χ4n) is 2.70. The molecule has 1 heterocycles. The SMILES string of the molecule is C(=Nn1cnnc1)c1ccc(OCc2ccccc2)c(OCc2ccccc2)c1. The van der Waals surface area contributed by atoms with Crippen LogP contribution in [0.2, 0.25) is 0 Å². The lowest BCUT2D eigenvalue weighted by atomic mass is 10.2. The highest BCUT2D eigenvalue weighted by Gasteiger charge is 2.08. The molecule has 0 atom stereocenters. The standard InChI is InChI=1S/C23H20N4O2/c1-3-7-19(8-4-1)15-28-22-12-11-21(14-26-27-17-24-25-18-27)13-23(22)29-16-20-9-5-2-6-10-20/h1-14,17-18H,15-16H2. The number of ether oxygens (including phenoxy) is 2. The van der Waals surface area contributed by atoms with Crippen LogP contribution in [0.15, 0.2) is 96.6 Å². The number of hydrogen-bond donors (Lipinski definition) is 0. The van der Waals surface area contributed by atoms with E-state index in [4.69, 9.17) is 9.47 Å². The molecule has 29 heavy (non-hydrogen) atoms. The van der Waals surface area contributed by atoms with Gasteiger partial charge in [-0.15, -0.1) is 10.2 Å². The summed E-state index contributed by atoms with van der Waals surface area (Å²) >= 11 is 0. The summed E-state index contributed by atoms with van der Waals surface area (Å²) in [5.41, 5.74) is 3.07. The highest BCUT2D eigenvalue weighted by atomic mass is 16.5. The molecule has 0 spiro atoms. The van der Waals surface area contributed by atoms with Gasteiger partial charge < -0.3 is 9.47 Å². The smallest absolute Gasteiger partial charge is 0.162 e. The van der Waals surface area contributed by atoms with Crippen LogP contribution in [0.3, 0.4) is 0 Å². The van der Waals surface area contributed by atoms with E-state index < -0.39 is 0 Å². The maximum Gasteiger partial charge on any atom is 0.162 e. The van der Waals surface area contributed by atoms with Gasteiger partial charge in [-0.3, -0.25) is 0 Å². The third kappa shape index (κ3) is 5.29. The van der Waals surface area contributed by atoms with Gasteiger partial charge in [-0.25, -0.2) is 4.68 Å². The van der Waals surface area contributed by atoms with Gasteiger partial charge >= 0.3 is 0 Å².